The van der Waals surface area contributed by atoms with E-state index in [-0.39, 0.29) is 76.4 Å². The molecule has 3 aliphatic rings. The van der Waals surface area contributed by atoms with Gasteiger partial charge < -0.3 is 63.2 Å². The van der Waals surface area contributed by atoms with Crippen molar-refractivity contribution in [3.05, 3.63) is 29.8 Å². The van der Waals surface area contributed by atoms with Crippen molar-refractivity contribution in [2.45, 2.75) is 199 Å². The highest BCUT2D eigenvalue weighted by molar-refractivity contribution is 5.97. The monoisotopic (exact) mass is 1030 g/mol. The molecule has 1 aromatic rings. The Bertz CT molecular complexity index is 1850. The van der Waals surface area contributed by atoms with Crippen LogP contribution >= 0.6 is 0 Å². The number of aryl methyl sites for hydroxylation is 1. The largest absolute Gasteiger partial charge is 0.508 e. The third-order valence-electron chi connectivity index (χ3n) is 13.9. The predicted octanol–water partition coefficient (Wildman–Crippen LogP) is 2.57. The van der Waals surface area contributed by atoms with Crippen molar-refractivity contribution in [3.63, 3.8) is 0 Å². The van der Waals surface area contributed by atoms with Gasteiger partial charge in [-0.15, -0.1) is 0 Å². The lowest BCUT2D eigenvalue weighted by molar-refractivity contribution is -0.143. The number of aliphatic hydroxyl groups is 2. The van der Waals surface area contributed by atoms with Gasteiger partial charge in [-0.05, 0) is 107 Å². The average molecular weight is 1030 g/mol. The summed E-state index contributed by atoms with van der Waals surface area (Å²) in [6, 6.07) is 0.119. The van der Waals surface area contributed by atoms with Gasteiger partial charge >= 0.3 is 0 Å². The number of carbonyl (C=O) groups is 8. The van der Waals surface area contributed by atoms with Crippen LogP contribution in [-0.2, 0) is 44.8 Å². The molecule has 12 N–H and O–H groups in total. The minimum Gasteiger partial charge on any atom is -0.508 e. The molecule has 0 radical (unpaired) electrons. The van der Waals surface area contributed by atoms with E-state index in [4.69, 9.17) is 21.7 Å². The molecular formula is C53H91N9O11. The maximum absolute atomic E-state index is 14.2. The first-order valence-corrected chi connectivity index (χ1v) is 26.9. The Labute approximate surface area is 433 Å². The number of aromatic hydroxyl groups is 1. The number of primary amides is 1. The number of unbranched alkanes of at least 4 members (excludes halogenated alkanes) is 5. The summed E-state index contributed by atoms with van der Waals surface area (Å²) in [6.45, 7) is 9.72. The highest BCUT2D eigenvalue weighted by atomic mass is 16.3. The Kier molecular flexibility index (Phi) is 31.2. The van der Waals surface area contributed by atoms with E-state index in [2.05, 4.69) is 47.4 Å². The van der Waals surface area contributed by atoms with Gasteiger partial charge in [0.15, 0.2) is 0 Å². The van der Waals surface area contributed by atoms with E-state index in [1.54, 1.807) is 19.1 Å². The van der Waals surface area contributed by atoms with Gasteiger partial charge in [0.2, 0.25) is 47.3 Å². The van der Waals surface area contributed by atoms with Crippen LogP contribution in [0.5, 0.6) is 5.75 Å². The molecule has 4 rings (SSSR count). The number of nitrogens with one attached hydrogen (secondary N) is 5. The van der Waals surface area contributed by atoms with Gasteiger partial charge in [0.25, 0.3) is 0 Å². The number of phenols is 1. The molecule has 1 aromatic carbocycles. The highest BCUT2D eigenvalue weighted by Gasteiger charge is 2.41. The second-order valence-electron chi connectivity index (χ2n) is 19.8. The van der Waals surface area contributed by atoms with Crippen LogP contribution < -0.4 is 38.1 Å². The molecule has 0 bridgehead atoms. The maximum Gasteiger partial charge on any atom is 0.245 e. The van der Waals surface area contributed by atoms with Crippen LogP contribution in [0.25, 0.3) is 0 Å². The molecule has 8 amide bonds. The third kappa shape index (κ3) is 23.2. The smallest absolute Gasteiger partial charge is 0.245 e. The van der Waals surface area contributed by atoms with Gasteiger partial charge in [-0.25, -0.2) is 0 Å². The van der Waals surface area contributed by atoms with Gasteiger partial charge in [0.05, 0.1) is 6.61 Å². The number of fused-ring (bicyclic) bond motifs is 2. The molecule has 0 saturated carbocycles. The zero-order chi connectivity index (χ0) is 54.3. The molecule has 0 aliphatic carbocycles. The second kappa shape index (κ2) is 35.7. The number of rotatable bonds is 21. The number of hydrogen-bond acceptors (Lipinski definition) is 12. The number of carbonyl (C=O) groups excluding carboxylic acids is 8. The molecule has 3 saturated heterocycles. The summed E-state index contributed by atoms with van der Waals surface area (Å²) in [4.78, 5) is 112. The van der Waals surface area contributed by atoms with Crippen LogP contribution in [0, 0.1) is 11.8 Å². The van der Waals surface area contributed by atoms with E-state index >= 15 is 0 Å². The number of aliphatic hydroxyl groups excluding tert-OH is 2. The van der Waals surface area contributed by atoms with E-state index in [1.165, 1.54) is 54.0 Å². The Balaban J connectivity index is 0.00000289. The van der Waals surface area contributed by atoms with Crippen molar-refractivity contribution >= 4 is 47.3 Å². The maximum atomic E-state index is 14.2. The summed E-state index contributed by atoms with van der Waals surface area (Å²) in [5, 5.41) is 38.8. The fraction of sp³-hybridized carbons (Fsp3) is 0.736. The van der Waals surface area contributed by atoms with E-state index in [0.717, 1.165) is 43.8 Å². The summed E-state index contributed by atoms with van der Waals surface area (Å²) in [7, 11) is 1.00. The SMILES string of the molecule is CCC(C)CC(C)CCCCCCCCC(=O)NC1CCCNC(=O)C2CCCN2C(=O)C(CCC(N)=O)NC(=O)C(CCc2ccc(O)cc2)NC(=O)C2CCCN2C(=O)C(CC)NC1=O.CO.NCCO. The molecule has 0 spiro atoms. The normalized spacial score (nSPS) is 23.1. The molecule has 8 unspecified atom stereocenters. The van der Waals surface area contributed by atoms with Crippen LogP contribution in [0.1, 0.15) is 162 Å². The van der Waals surface area contributed by atoms with E-state index in [9.17, 15) is 43.5 Å². The van der Waals surface area contributed by atoms with Crippen LogP contribution in [0.4, 0.5) is 0 Å². The van der Waals surface area contributed by atoms with Crippen LogP contribution in [0.15, 0.2) is 24.3 Å². The first kappa shape index (κ1) is 63.8. The molecule has 414 valence electrons. The third-order valence-corrected chi connectivity index (χ3v) is 13.9. The number of nitrogens with two attached hydrogens (primary N) is 2. The molecule has 8 atom stereocenters. The molecule has 0 aromatic heterocycles. The van der Waals surface area contributed by atoms with E-state index in [0.29, 0.717) is 51.5 Å². The van der Waals surface area contributed by atoms with Crippen molar-refractivity contribution in [1.82, 2.24) is 36.4 Å². The Hall–Kier alpha value is -5.34. The number of nitrogens with zero attached hydrogens (tertiary/aromatic N) is 2. The number of phenolic OH excluding ortho intramolecular Hbond substituents is 1. The summed E-state index contributed by atoms with van der Waals surface area (Å²) < 4.78 is 0. The number of benzene rings is 1. The Morgan fingerprint density at radius 3 is 1.86 bits per heavy atom. The van der Waals surface area contributed by atoms with Crippen LogP contribution in [-0.4, -0.2) is 149 Å². The van der Waals surface area contributed by atoms with Crippen LogP contribution in [0.2, 0.25) is 0 Å². The quantitative estimate of drug-likeness (QED) is 0.0795. The van der Waals surface area contributed by atoms with Crippen molar-refractivity contribution in [2.24, 2.45) is 23.3 Å². The summed E-state index contributed by atoms with van der Waals surface area (Å²) in [5.41, 5.74) is 11.0. The minimum atomic E-state index is -1.25. The Morgan fingerprint density at radius 2 is 1.27 bits per heavy atom. The fourth-order valence-electron chi connectivity index (χ4n) is 9.57. The second-order valence-corrected chi connectivity index (χ2v) is 19.8. The minimum absolute atomic E-state index is 0.0601. The van der Waals surface area contributed by atoms with Gasteiger partial charge in [0.1, 0.15) is 42.0 Å². The number of hydrogen-bond donors (Lipinski definition) is 10. The topological polar surface area (TPSA) is 316 Å². The first-order valence-electron chi connectivity index (χ1n) is 26.9. The van der Waals surface area contributed by atoms with Crippen molar-refractivity contribution in [2.75, 3.05) is 39.9 Å². The summed E-state index contributed by atoms with van der Waals surface area (Å²) in [6.07, 6.45) is 12.4. The van der Waals surface area contributed by atoms with E-state index in [1.807, 2.05) is 0 Å². The van der Waals surface area contributed by atoms with E-state index < -0.39 is 77.6 Å². The molecule has 3 heterocycles. The molecular weight excluding hydrogens is 939 g/mol. The zero-order valence-corrected chi connectivity index (χ0v) is 44.5. The lowest BCUT2D eigenvalue weighted by atomic mass is 9.91. The molecule has 73 heavy (non-hydrogen) atoms. The van der Waals surface area contributed by atoms with Gasteiger partial charge in [-0.2, -0.15) is 0 Å². The molecule has 20 heteroatoms. The molecule has 3 fully saturated rings. The predicted molar refractivity (Wildman–Crippen MR) is 279 cm³/mol. The first-order chi connectivity index (χ1) is 35.0. The highest BCUT2D eigenvalue weighted by Crippen LogP contribution is 2.24. The van der Waals surface area contributed by atoms with Crippen molar-refractivity contribution in [3.8, 4) is 5.75 Å². The molecule has 20 nitrogen and oxygen atoms in total. The van der Waals surface area contributed by atoms with Gasteiger partial charge in [0, 0.05) is 46.1 Å². The fourth-order valence-corrected chi connectivity index (χ4v) is 9.57. The Morgan fingerprint density at radius 1 is 0.712 bits per heavy atom. The average Bonchev–Trinajstić information content (AvgIpc) is 4.09. The van der Waals surface area contributed by atoms with Crippen molar-refractivity contribution in [1.29, 1.82) is 0 Å². The standard InChI is InChI=1S/C50H80N8O9.C2H7NO.CH4O/c1-5-33(3)32-34(4)16-11-9-7-8-10-12-20-44(61)53-38-17-13-29-52-47(64)41-18-14-30-57(41)50(67)40(27-28-43(51)60)56-46(63)39(26-23-35-21-24-36(59)25-22-35)55-48(65)42-19-15-31-58(42)49(66)37(6-2)54-45(38)62;3-1-2-4;1-2/h21-22,24-25,33-34,37-42,59H,5-20,23,26-32H2,1-4H3,(H2,51,60)(H,52,64)(H,53,61)(H,54,62)(H,55,65)(H,56,63);4H,1-3H2;2H,1H3. The van der Waals surface area contributed by atoms with Crippen LogP contribution in [0.3, 0.4) is 0 Å². The summed E-state index contributed by atoms with van der Waals surface area (Å²) >= 11 is 0. The van der Waals surface area contributed by atoms with Gasteiger partial charge in [-0.1, -0.05) is 84.8 Å². The molecule has 3 aliphatic heterocycles. The summed E-state index contributed by atoms with van der Waals surface area (Å²) in [5.74, 6) is -2.70. The lowest BCUT2D eigenvalue weighted by Gasteiger charge is -2.31. The van der Waals surface area contributed by atoms with Gasteiger partial charge in [-0.3, -0.25) is 38.4 Å². The van der Waals surface area contributed by atoms with Crippen molar-refractivity contribution < 1.29 is 53.7 Å². The zero-order valence-electron chi connectivity index (χ0n) is 44.5. The lowest BCUT2D eigenvalue weighted by Crippen LogP contribution is -2.59. The number of amides is 8.